The van der Waals surface area contributed by atoms with Gasteiger partial charge in [0.05, 0.1) is 50.5 Å². The van der Waals surface area contributed by atoms with Crippen molar-refractivity contribution in [3.8, 4) is 0 Å². The summed E-state index contributed by atoms with van der Waals surface area (Å²) in [6, 6.07) is 18.4. The minimum absolute atomic E-state index is 0.0688. The van der Waals surface area contributed by atoms with Gasteiger partial charge in [0, 0.05) is 5.69 Å². The Balaban J connectivity index is 1.37. The Bertz CT molecular complexity index is 942. The smallest absolute Gasteiger partial charge is 0.322 e. The normalized spacial score (nSPS) is 25.9. The topological polar surface area (TPSA) is 100 Å². The molecule has 4 rings (SSSR count). The predicted molar refractivity (Wildman–Crippen MR) is 128 cm³/mol. The first kappa shape index (κ1) is 24.2. The van der Waals surface area contributed by atoms with Gasteiger partial charge in [-0.3, -0.25) is 4.79 Å². The van der Waals surface area contributed by atoms with Gasteiger partial charge >= 0.3 is 6.03 Å². The molecule has 3 N–H and O–H groups in total. The number of urea groups is 1. The third-order valence-corrected chi connectivity index (χ3v) is 6.36. The number of ether oxygens (including phenoxy) is 2. The number of carbonyl (C=O) groups excluding carboxylic acids is 2. The Morgan fingerprint density at radius 2 is 1.76 bits per heavy atom. The number of para-hydroxylation sites is 1. The highest BCUT2D eigenvalue weighted by Crippen LogP contribution is 2.28. The minimum Gasteiger partial charge on any atom is -0.389 e. The van der Waals surface area contributed by atoms with Gasteiger partial charge in [-0.25, -0.2) is 4.79 Å². The van der Waals surface area contributed by atoms with Crippen LogP contribution in [0.4, 0.5) is 10.5 Å². The van der Waals surface area contributed by atoms with E-state index in [1.807, 2.05) is 67.6 Å². The fraction of sp³-hybridized carbons (Fsp3) is 0.462. The molecule has 2 aromatic carbocycles. The first-order chi connectivity index (χ1) is 16.5. The summed E-state index contributed by atoms with van der Waals surface area (Å²) in [4.78, 5) is 27.4. The van der Waals surface area contributed by atoms with Crippen molar-refractivity contribution in [3.63, 3.8) is 0 Å². The van der Waals surface area contributed by atoms with Crippen LogP contribution in [-0.2, 0) is 14.3 Å². The van der Waals surface area contributed by atoms with Gasteiger partial charge in [-0.1, -0.05) is 48.5 Å². The lowest BCUT2D eigenvalue weighted by molar-refractivity contribution is -0.150. The van der Waals surface area contributed by atoms with Crippen LogP contribution in [-0.4, -0.2) is 66.1 Å². The van der Waals surface area contributed by atoms with Crippen LogP contribution in [0.3, 0.4) is 0 Å². The Kier molecular flexibility index (Phi) is 8.16. The number of fused-ring (bicyclic) bond motifs is 1. The summed E-state index contributed by atoms with van der Waals surface area (Å²) in [5.74, 6) is -0.0688. The number of hydrogen-bond donors (Lipinski definition) is 3. The number of β-amino-alcohol motifs (C(OH)–C–C–N with tert-alkyl or cyclic N) is 1. The summed E-state index contributed by atoms with van der Waals surface area (Å²) in [6.07, 6.45) is 0.155. The van der Waals surface area contributed by atoms with Gasteiger partial charge in [0.1, 0.15) is 6.10 Å². The molecule has 182 valence electrons. The van der Waals surface area contributed by atoms with E-state index in [1.54, 1.807) is 4.90 Å². The van der Waals surface area contributed by atoms with Crippen molar-refractivity contribution in [3.05, 3.63) is 66.2 Å². The molecule has 5 atom stereocenters. The van der Waals surface area contributed by atoms with Crippen molar-refractivity contribution in [1.82, 2.24) is 10.2 Å². The van der Waals surface area contributed by atoms with Crippen molar-refractivity contribution >= 4 is 17.6 Å². The fourth-order valence-corrected chi connectivity index (χ4v) is 4.62. The van der Waals surface area contributed by atoms with Gasteiger partial charge in [-0.05, 0) is 37.5 Å². The minimum atomic E-state index is -0.773. The summed E-state index contributed by atoms with van der Waals surface area (Å²) >= 11 is 0. The van der Waals surface area contributed by atoms with E-state index in [2.05, 4.69) is 10.6 Å². The molecule has 2 aliphatic rings. The SMILES string of the molecule is C[C@@H](NC(=O)C[C@H]1CC[C@H]2[C@@H](COC[C@@H](O)CN2C(=O)Nc2ccccc2)O1)c1ccccc1. The average Bonchev–Trinajstić information content (AvgIpc) is 2.83. The van der Waals surface area contributed by atoms with E-state index in [0.717, 1.165) is 5.56 Å². The number of nitrogens with zero attached hydrogens (tertiary/aromatic N) is 1. The van der Waals surface area contributed by atoms with Crippen molar-refractivity contribution < 1.29 is 24.2 Å². The summed E-state index contributed by atoms with van der Waals surface area (Å²) < 4.78 is 11.9. The number of hydrogen-bond acceptors (Lipinski definition) is 5. The number of rotatable bonds is 5. The second-order valence-electron chi connectivity index (χ2n) is 8.99. The lowest BCUT2D eigenvalue weighted by atomic mass is 9.94. The Morgan fingerprint density at radius 1 is 1.06 bits per heavy atom. The van der Waals surface area contributed by atoms with Crippen LogP contribution in [0.15, 0.2) is 60.7 Å². The van der Waals surface area contributed by atoms with Crippen LogP contribution in [0, 0.1) is 0 Å². The fourth-order valence-electron chi connectivity index (χ4n) is 4.62. The van der Waals surface area contributed by atoms with E-state index in [4.69, 9.17) is 9.47 Å². The van der Waals surface area contributed by atoms with E-state index in [9.17, 15) is 14.7 Å². The number of amides is 3. The number of aliphatic hydroxyl groups is 1. The second kappa shape index (κ2) is 11.5. The molecule has 2 fully saturated rings. The second-order valence-corrected chi connectivity index (χ2v) is 8.99. The summed E-state index contributed by atoms with van der Waals surface area (Å²) in [5, 5.41) is 16.2. The van der Waals surface area contributed by atoms with E-state index in [0.29, 0.717) is 18.5 Å². The predicted octanol–water partition coefficient (Wildman–Crippen LogP) is 3.10. The van der Waals surface area contributed by atoms with Gasteiger partial charge in [0.2, 0.25) is 5.91 Å². The summed E-state index contributed by atoms with van der Waals surface area (Å²) in [7, 11) is 0. The first-order valence-electron chi connectivity index (χ1n) is 11.9. The van der Waals surface area contributed by atoms with Crippen LogP contribution < -0.4 is 10.6 Å². The van der Waals surface area contributed by atoms with Gasteiger partial charge < -0.3 is 30.1 Å². The molecule has 0 spiro atoms. The van der Waals surface area contributed by atoms with Crippen LogP contribution in [0.5, 0.6) is 0 Å². The van der Waals surface area contributed by atoms with Crippen LogP contribution >= 0.6 is 0 Å². The number of anilines is 1. The van der Waals surface area contributed by atoms with Crippen LogP contribution in [0.1, 0.15) is 37.8 Å². The van der Waals surface area contributed by atoms with Gasteiger partial charge in [0.15, 0.2) is 0 Å². The number of carbonyl (C=O) groups is 2. The summed E-state index contributed by atoms with van der Waals surface area (Å²) in [6.45, 7) is 2.50. The van der Waals surface area contributed by atoms with E-state index < -0.39 is 6.10 Å². The zero-order chi connectivity index (χ0) is 23.9. The highest BCUT2D eigenvalue weighted by Gasteiger charge is 2.40. The highest BCUT2D eigenvalue weighted by atomic mass is 16.5. The lowest BCUT2D eigenvalue weighted by Crippen LogP contribution is -2.58. The quantitative estimate of drug-likeness (QED) is 0.628. The third kappa shape index (κ3) is 6.34. The molecule has 0 aromatic heterocycles. The molecule has 34 heavy (non-hydrogen) atoms. The molecule has 3 amide bonds. The zero-order valence-corrected chi connectivity index (χ0v) is 19.4. The van der Waals surface area contributed by atoms with E-state index in [-0.39, 0.29) is 62.4 Å². The van der Waals surface area contributed by atoms with Crippen molar-refractivity contribution in [2.45, 2.75) is 56.6 Å². The van der Waals surface area contributed by atoms with Crippen molar-refractivity contribution in [2.24, 2.45) is 0 Å². The Hall–Kier alpha value is -2.94. The van der Waals surface area contributed by atoms with Crippen LogP contribution in [0.25, 0.3) is 0 Å². The Morgan fingerprint density at radius 3 is 2.50 bits per heavy atom. The van der Waals surface area contributed by atoms with Crippen molar-refractivity contribution in [2.75, 3.05) is 25.1 Å². The maximum Gasteiger partial charge on any atom is 0.322 e. The first-order valence-corrected chi connectivity index (χ1v) is 11.9. The van der Waals surface area contributed by atoms with Gasteiger partial charge in [-0.2, -0.15) is 0 Å². The van der Waals surface area contributed by atoms with Gasteiger partial charge in [0.25, 0.3) is 0 Å². The van der Waals surface area contributed by atoms with Crippen molar-refractivity contribution in [1.29, 1.82) is 0 Å². The molecule has 2 aliphatic heterocycles. The molecular formula is C26H33N3O5. The molecule has 2 heterocycles. The average molecular weight is 468 g/mol. The van der Waals surface area contributed by atoms with E-state index >= 15 is 0 Å². The molecule has 0 saturated carbocycles. The highest BCUT2D eigenvalue weighted by molar-refractivity contribution is 5.89. The molecule has 0 aliphatic carbocycles. The number of nitrogens with one attached hydrogen (secondary N) is 2. The molecular weight excluding hydrogens is 434 g/mol. The van der Waals surface area contributed by atoms with Gasteiger partial charge in [-0.15, -0.1) is 0 Å². The maximum absolute atomic E-state index is 13.1. The molecule has 0 radical (unpaired) electrons. The molecule has 0 unspecified atom stereocenters. The molecule has 8 nitrogen and oxygen atoms in total. The molecule has 2 aromatic rings. The standard InChI is InChI=1S/C26H33N3O5/c1-18(19-8-4-2-5-9-19)27-25(31)14-22-12-13-23-24(34-22)17-33-16-21(30)15-29(23)26(32)28-20-10-6-3-7-11-20/h2-11,18,21-24,30H,12-17H2,1H3,(H,27,31)(H,28,32)/t18-,21+,22-,23+,24-/m1/s1. The Labute approximate surface area is 200 Å². The largest absolute Gasteiger partial charge is 0.389 e. The number of benzene rings is 2. The third-order valence-electron chi connectivity index (χ3n) is 6.36. The van der Waals surface area contributed by atoms with Crippen LogP contribution in [0.2, 0.25) is 0 Å². The van der Waals surface area contributed by atoms with E-state index in [1.165, 1.54) is 0 Å². The zero-order valence-electron chi connectivity index (χ0n) is 19.4. The maximum atomic E-state index is 13.1. The summed E-state index contributed by atoms with van der Waals surface area (Å²) in [5.41, 5.74) is 1.74. The monoisotopic (exact) mass is 467 g/mol. The molecule has 2 saturated heterocycles. The number of aliphatic hydroxyl groups excluding tert-OH is 1. The lowest BCUT2D eigenvalue weighted by Gasteiger charge is -2.44. The molecule has 0 bridgehead atoms. The molecule has 8 heteroatoms.